The number of hydrogen-bond donors (Lipinski definition) is 0. The third kappa shape index (κ3) is 4.34. The zero-order chi connectivity index (χ0) is 20.1. The van der Waals surface area contributed by atoms with Gasteiger partial charge in [0, 0.05) is 36.7 Å². The normalized spacial score (nSPS) is 14.2. The van der Waals surface area contributed by atoms with Crippen LogP contribution in [0.5, 0.6) is 0 Å². The van der Waals surface area contributed by atoms with E-state index in [1.165, 1.54) is 6.26 Å². The van der Waals surface area contributed by atoms with E-state index < -0.39 is 0 Å². The number of hydrogen-bond acceptors (Lipinski definition) is 6. The minimum atomic E-state index is -0.114. The summed E-state index contributed by atoms with van der Waals surface area (Å²) in [5.41, 5.74) is 2.74. The maximum Gasteiger partial charge on any atom is 0.289 e. The van der Waals surface area contributed by atoms with Crippen LogP contribution in [0.2, 0.25) is 0 Å². The molecule has 152 valence electrons. The van der Waals surface area contributed by atoms with Crippen LogP contribution < -0.4 is 4.90 Å². The monoisotopic (exact) mass is 411 g/mol. The Kier molecular flexibility index (Phi) is 6.24. The Balaban J connectivity index is 1.70. The van der Waals surface area contributed by atoms with Crippen molar-refractivity contribution in [1.29, 1.82) is 0 Å². The molecule has 4 rings (SSSR count). The molecule has 0 aliphatic carbocycles. The van der Waals surface area contributed by atoms with Crippen molar-refractivity contribution in [2.75, 3.05) is 36.0 Å². The molecule has 1 fully saturated rings. The first-order valence-electron chi connectivity index (χ1n) is 9.97. The molecule has 0 bridgehead atoms. The van der Waals surface area contributed by atoms with Gasteiger partial charge in [-0.05, 0) is 18.6 Å². The van der Waals surface area contributed by atoms with E-state index in [9.17, 15) is 4.79 Å². The lowest BCUT2D eigenvalue weighted by molar-refractivity contribution is 0.0711. The molecule has 0 saturated carbocycles. The van der Waals surface area contributed by atoms with Crippen LogP contribution in [-0.2, 0) is 6.54 Å². The van der Waals surface area contributed by atoms with Crippen LogP contribution in [0.25, 0.3) is 11.3 Å². The van der Waals surface area contributed by atoms with Crippen molar-refractivity contribution in [1.82, 2.24) is 10.1 Å². The molecule has 0 radical (unpaired) electrons. The van der Waals surface area contributed by atoms with Gasteiger partial charge >= 0.3 is 0 Å². The number of anilines is 1. The molecule has 1 aromatic carbocycles. The summed E-state index contributed by atoms with van der Waals surface area (Å²) in [5, 5.41) is 4.41. The van der Waals surface area contributed by atoms with Crippen molar-refractivity contribution in [3.8, 4) is 11.3 Å². The van der Waals surface area contributed by atoms with Crippen molar-refractivity contribution in [3.63, 3.8) is 0 Å². The van der Waals surface area contributed by atoms with Crippen molar-refractivity contribution in [2.24, 2.45) is 0 Å². The van der Waals surface area contributed by atoms with E-state index in [1.54, 1.807) is 12.1 Å². The number of benzene rings is 1. The zero-order valence-electron chi connectivity index (χ0n) is 16.5. The topological polar surface area (TPSA) is 62.7 Å². The molecule has 0 spiro atoms. The van der Waals surface area contributed by atoms with Gasteiger partial charge in [-0.25, -0.2) is 0 Å². The Morgan fingerprint density at radius 2 is 1.97 bits per heavy atom. The van der Waals surface area contributed by atoms with Gasteiger partial charge in [0.25, 0.3) is 5.91 Å². The molecule has 0 N–H and O–H groups in total. The predicted octanol–water partition coefficient (Wildman–Crippen LogP) is 4.54. The quantitative estimate of drug-likeness (QED) is 0.569. The van der Waals surface area contributed by atoms with E-state index in [4.69, 9.17) is 8.94 Å². The Labute approximate surface area is 174 Å². The standard InChI is InChI=1S/C22H25N3O3S/c1-2-10-25(21(26)19-9-6-13-27-19)16-18-20(17-7-4-3-5-8-17)23-28-22(18)24-11-14-29-15-12-24/h3-9,13H,2,10-12,14-16H2,1H3. The first-order chi connectivity index (χ1) is 14.3. The van der Waals surface area contributed by atoms with Crippen LogP contribution in [0.4, 0.5) is 5.88 Å². The summed E-state index contributed by atoms with van der Waals surface area (Å²) in [6.07, 6.45) is 2.39. The zero-order valence-corrected chi connectivity index (χ0v) is 17.4. The summed E-state index contributed by atoms with van der Waals surface area (Å²) < 4.78 is 11.2. The molecule has 0 atom stereocenters. The first-order valence-corrected chi connectivity index (χ1v) is 11.1. The molecular formula is C22H25N3O3S. The van der Waals surface area contributed by atoms with Gasteiger partial charge in [-0.1, -0.05) is 42.4 Å². The van der Waals surface area contributed by atoms with Gasteiger partial charge in [-0.15, -0.1) is 0 Å². The highest BCUT2D eigenvalue weighted by Gasteiger charge is 2.27. The average molecular weight is 412 g/mol. The smallest absolute Gasteiger partial charge is 0.289 e. The number of furan rings is 1. The second kappa shape index (κ2) is 9.22. The van der Waals surface area contributed by atoms with E-state index in [0.29, 0.717) is 18.8 Å². The van der Waals surface area contributed by atoms with Gasteiger partial charge in [0.1, 0.15) is 5.69 Å². The molecule has 3 aromatic rings. The van der Waals surface area contributed by atoms with Gasteiger partial charge in [-0.3, -0.25) is 4.79 Å². The lowest BCUT2D eigenvalue weighted by atomic mass is 10.1. The minimum absolute atomic E-state index is 0.114. The van der Waals surface area contributed by atoms with E-state index >= 15 is 0 Å². The molecule has 1 amide bonds. The van der Waals surface area contributed by atoms with Crippen molar-refractivity contribution >= 4 is 23.6 Å². The summed E-state index contributed by atoms with van der Waals surface area (Å²) in [4.78, 5) is 17.1. The van der Waals surface area contributed by atoms with Crippen LogP contribution in [-0.4, -0.2) is 47.1 Å². The highest BCUT2D eigenvalue weighted by Crippen LogP contribution is 2.34. The van der Waals surface area contributed by atoms with E-state index in [2.05, 4.69) is 17.0 Å². The van der Waals surface area contributed by atoms with Crippen LogP contribution in [0.15, 0.2) is 57.7 Å². The molecule has 6 nitrogen and oxygen atoms in total. The second-order valence-corrected chi connectivity index (χ2v) is 8.21. The molecule has 7 heteroatoms. The molecule has 2 aromatic heterocycles. The maximum atomic E-state index is 13.0. The van der Waals surface area contributed by atoms with E-state index in [-0.39, 0.29) is 5.91 Å². The summed E-state index contributed by atoms with van der Waals surface area (Å²) in [5.74, 6) is 3.14. The average Bonchev–Trinajstić information content (AvgIpc) is 3.45. The predicted molar refractivity (Wildman–Crippen MR) is 115 cm³/mol. The fraction of sp³-hybridized carbons (Fsp3) is 0.364. The third-order valence-electron chi connectivity index (χ3n) is 4.97. The van der Waals surface area contributed by atoms with Gasteiger partial charge in [0.2, 0.25) is 5.88 Å². The molecule has 3 heterocycles. The Morgan fingerprint density at radius 1 is 1.17 bits per heavy atom. The molecule has 0 unspecified atom stereocenters. The number of carbonyl (C=O) groups is 1. The number of carbonyl (C=O) groups excluding carboxylic acids is 1. The number of nitrogens with zero attached hydrogens (tertiary/aromatic N) is 3. The number of thioether (sulfide) groups is 1. The van der Waals surface area contributed by atoms with Crippen LogP contribution in [0, 0.1) is 0 Å². The number of amides is 1. The van der Waals surface area contributed by atoms with Gasteiger partial charge in [0.05, 0.1) is 18.4 Å². The highest BCUT2D eigenvalue weighted by molar-refractivity contribution is 7.99. The summed E-state index contributed by atoms with van der Waals surface area (Å²) in [7, 11) is 0. The molecule has 1 aliphatic rings. The molecular weight excluding hydrogens is 386 g/mol. The third-order valence-corrected chi connectivity index (χ3v) is 5.92. The number of aromatic nitrogens is 1. The van der Waals surface area contributed by atoms with Crippen LogP contribution in [0.1, 0.15) is 29.5 Å². The van der Waals surface area contributed by atoms with Gasteiger partial charge < -0.3 is 18.7 Å². The minimum Gasteiger partial charge on any atom is -0.459 e. The van der Waals surface area contributed by atoms with Gasteiger partial charge in [0.15, 0.2) is 5.76 Å². The lowest BCUT2D eigenvalue weighted by Crippen LogP contribution is -2.35. The summed E-state index contributed by atoms with van der Waals surface area (Å²) >= 11 is 1.95. The second-order valence-electron chi connectivity index (χ2n) is 6.98. The summed E-state index contributed by atoms with van der Waals surface area (Å²) in [6, 6.07) is 13.5. The van der Waals surface area contributed by atoms with Crippen molar-refractivity contribution in [2.45, 2.75) is 19.9 Å². The van der Waals surface area contributed by atoms with E-state index in [0.717, 1.165) is 53.7 Å². The maximum absolute atomic E-state index is 13.0. The fourth-order valence-corrected chi connectivity index (χ4v) is 4.45. The molecule has 1 aliphatic heterocycles. The number of rotatable bonds is 7. The van der Waals surface area contributed by atoms with Gasteiger partial charge in [-0.2, -0.15) is 11.8 Å². The fourth-order valence-electron chi connectivity index (χ4n) is 3.55. The van der Waals surface area contributed by atoms with E-state index in [1.807, 2.05) is 47.0 Å². The first kappa shape index (κ1) is 19.6. The highest BCUT2D eigenvalue weighted by atomic mass is 32.2. The lowest BCUT2D eigenvalue weighted by Gasteiger charge is -2.28. The molecule has 1 saturated heterocycles. The van der Waals surface area contributed by atoms with Crippen molar-refractivity contribution in [3.05, 3.63) is 60.1 Å². The Hall–Kier alpha value is -2.67. The molecule has 29 heavy (non-hydrogen) atoms. The van der Waals surface area contributed by atoms with Crippen LogP contribution in [0.3, 0.4) is 0 Å². The Morgan fingerprint density at radius 3 is 2.66 bits per heavy atom. The Bertz CT molecular complexity index is 918. The van der Waals surface area contributed by atoms with Crippen molar-refractivity contribution < 1.29 is 13.7 Å². The largest absolute Gasteiger partial charge is 0.459 e. The van der Waals surface area contributed by atoms with Crippen LogP contribution >= 0.6 is 11.8 Å². The SMILES string of the molecule is CCCN(Cc1c(-c2ccccc2)noc1N1CCSCC1)C(=O)c1ccco1. The summed E-state index contributed by atoms with van der Waals surface area (Å²) in [6.45, 7) is 4.97.